The third-order valence-electron chi connectivity index (χ3n) is 3.26. The number of furan rings is 1. The van der Waals surface area contributed by atoms with E-state index in [-0.39, 0.29) is 18.1 Å². The number of rotatable bonds is 3. The van der Waals surface area contributed by atoms with E-state index in [2.05, 4.69) is 15.8 Å². The van der Waals surface area contributed by atoms with Gasteiger partial charge in [0.2, 0.25) is 5.91 Å². The number of nitrogens with zero attached hydrogens (tertiary/aromatic N) is 2. The van der Waals surface area contributed by atoms with E-state index < -0.39 is 5.91 Å². The van der Waals surface area contributed by atoms with Crippen molar-refractivity contribution >= 4 is 22.8 Å². The summed E-state index contributed by atoms with van der Waals surface area (Å²) in [4.78, 5) is 27.9. The smallest absolute Gasteiger partial charge is 0.305 e. The van der Waals surface area contributed by atoms with Crippen LogP contribution in [0, 0.1) is 0 Å². The van der Waals surface area contributed by atoms with E-state index in [1.54, 1.807) is 6.07 Å². The summed E-state index contributed by atoms with van der Waals surface area (Å²) >= 11 is 0. The van der Waals surface area contributed by atoms with Crippen molar-refractivity contribution in [1.82, 2.24) is 20.4 Å². The first-order chi connectivity index (χ1) is 10.6. The molecule has 3 rings (SSSR count). The molecule has 2 amide bonds. The fraction of sp³-hybridized carbons (Fsp3) is 0.133. The quantitative estimate of drug-likeness (QED) is 0.710. The van der Waals surface area contributed by atoms with Gasteiger partial charge in [-0.15, -0.1) is 0 Å². The normalized spacial score (nSPS) is 10.6. The maximum absolute atomic E-state index is 11.9. The van der Waals surface area contributed by atoms with Gasteiger partial charge < -0.3 is 8.98 Å². The number of hydrogen-bond donors (Lipinski definition) is 2. The Labute approximate surface area is 125 Å². The van der Waals surface area contributed by atoms with Gasteiger partial charge in [-0.25, -0.2) is 4.98 Å². The van der Waals surface area contributed by atoms with Crippen molar-refractivity contribution in [3.8, 4) is 0 Å². The molecule has 2 aromatic heterocycles. The van der Waals surface area contributed by atoms with Crippen LogP contribution in [0.25, 0.3) is 11.0 Å². The molecule has 0 saturated carbocycles. The third kappa shape index (κ3) is 2.69. The number of para-hydroxylation sites is 2. The number of nitrogens with one attached hydrogen (secondary N) is 2. The first-order valence-corrected chi connectivity index (χ1v) is 6.68. The molecule has 0 radical (unpaired) electrons. The highest BCUT2D eigenvalue weighted by atomic mass is 16.3. The highest BCUT2D eigenvalue weighted by Gasteiger charge is 2.13. The predicted molar refractivity (Wildman–Crippen MR) is 78.7 cm³/mol. The van der Waals surface area contributed by atoms with Gasteiger partial charge in [-0.3, -0.25) is 20.4 Å². The number of hydrazine groups is 1. The Hall–Kier alpha value is -3.09. The topological polar surface area (TPSA) is 89.2 Å². The lowest BCUT2D eigenvalue weighted by atomic mass is 10.3. The Balaban J connectivity index is 1.63. The zero-order valence-electron chi connectivity index (χ0n) is 11.9. The number of carbonyl (C=O) groups is 2. The zero-order chi connectivity index (χ0) is 15.5. The Kier molecular flexibility index (Phi) is 3.61. The molecular formula is C15H14N4O3. The molecule has 0 aliphatic carbocycles. The van der Waals surface area contributed by atoms with E-state index in [1.807, 2.05) is 35.9 Å². The molecule has 0 spiro atoms. The van der Waals surface area contributed by atoms with Gasteiger partial charge in [0.1, 0.15) is 5.82 Å². The van der Waals surface area contributed by atoms with Gasteiger partial charge in [-0.2, -0.15) is 0 Å². The second-order valence-corrected chi connectivity index (χ2v) is 4.73. The van der Waals surface area contributed by atoms with Crippen LogP contribution in [0.2, 0.25) is 0 Å². The van der Waals surface area contributed by atoms with Crippen molar-refractivity contribution in [2.45, 2.75) is 6.42 Å². The molecule has 7 nitrogen and oxygen atoms in total. The predicted octanol–water partition coefficient (Wildman–Crippen LogP) is 1.17. The number of benzene rings is 1. The van der Waals surface area contributed by atoms with Gasteiger partial charge in [0, 0.05) is 7.05 Å². The van der Waals surface area contributed by atoms with E-state index in [9.17, 15) is 9.59 Å². The van der Waals surface area contributed by atoms with Crippen LogP contribution < -0.4 is 10.9 Å². The Morgan fingerprint density at radius 1 is 1.18 bits per heavy atom. The second-order valence-electron chi connectivity index (χ2n) is 4.73. The summed E-state index contributed by atoms with van der Waals surface area (Å²) in [5.74, 6) is -0.129. The number of hydrogen-bond acceptors (Lipinski definition) is 4. The van der Waals surface area contributed by atoms with Gasteiger partial charge in [-0.05, 0) is 24.3 Å². The summed E-state index contributed by atoms with van der Waals surface area (Å²) in [5, 5.41) is 0. The number of carbonyl (C=O) groups excluding carboxylic acids is 2. The first-order valence-electron chi connectivity index (χ1n) is 6.68. The summed E-state index contributed by atoms with van der Waals surface area (Å²) in [7, 11) is 1.85. The van der Waals surface area contributed by atoms with Gasteiger partial charge in [0.15, 0.2) is 5.76 Å². The molecule has 1 aromatic carbocycles. The summed E-state index contributed by atoms with van der Waals surface area (Å²) in [6.45, 7) is 0. The van der Waals surface area contributed by atoms with E-state index in [1.165, 1.54) is 12.3 Å². The maximum atomic E-state index is 11.9. The maximum Gasteiger partial charge on any atom is 0.305 e. The molecule has 112 valence electrons. The number of amides is 2. The van der Waals surface area contributed by atoms with Crippen molar-refractivity contribution in [3.63, 3.8) is 0 Å². The Morgan fingerprint density at radius 3 is 2.73 bits per heavy atom. The van der Waals surface area contributed by atoms with Crippen LogP contribution in [-0.4, -0.2) is 21.4 Å². The van der Waals surface area contributed by atoms with E-state index in [0.717, 1.165) is 11.0 Å². The Bertz CT molecular complexity index is 821. The standard InChI is InChI=1S/C15H14N4O3/c1-19-11-6-3-2-5-10(11)16-13(19)9-14(20)17-18-15(21)12-7-4-8-22-12/h2-8H,9H2,1H3,(H,17,20)(H,18,21). The van der Waals surface area contributed by atoms with Crippen molar-refractivity contribution in [1.29, 1.82) is 0 Å². The van der Waals surface area contributed by atoms with Gasteiger partial charge in [0.25, 0.3) is 0 Å². The van der Waals surface area contributed by atoms with Crippen molar-refractivity contribution in [2.24, 2.45) is 7.05 Å². The summed E-state index contributed by atoms with van der Waals surface area (Å²) in [5.41, 5.74) is 6.40. The summed E-state index contributed by atoms with van der Waals surface area (Å²) in [6.07, 6.45) is 1.44. The van der Waals surface area contributed by atoms with Crippen LogP contribution in [0.5, 0.6) is 0 Å². The number of fused-ring (bicyclic) bond motifs is 1. The lowest BCUT2D eigenvalue weighted by molar-refractivity contribution is -0.121. The highest BCUT2D eigenvalue weighted by Crippen LogP contribution is 2.14. The van der Waals surface area contributed by atoms with Crippen molar-refractivity contribution in [2.75, 3.05) is 0 Å². The minimum Gasteiger partial charge on any atom is -0.459 e. The van der Waals surface area contributed by atoms with Crippen LogP contribution in [0.4, 0.5) is 0 Å². The largest absolute Gasteiger partial charge is 0.459 e. The molecule has 0 fully saturated rings. The van der Waals surface area contributed by atoms with Crippen molar-refractivity contribution in [3.05, 3.63) is 54.2 Å². The average molecular weight is 298 g/mol. The molecule has 3 aromatic rings. The monoisotopic (exact) mass is 298 g/mol. The minimum atomic E-state index is -0.511. The van der Waals surface area contributed by atoms with Crippen LogP contribution in [-0.2, 0) is 18.3 Å². The van der Waals surface area contributed by atoms with E-state index in [0.29, 0.717) is 5.82 Å². The lowest BCUT2D eigenvalue weighted by Crippen LogP contribution is -2.42. The van der Waals surface area contributed by atoms with Crippen molar-refractivity contribution < 1.29 is 14.0 Å². The fourth-order valence-electron chi connectivity index (χ4n) is 2.14. The summed E-state index contributed by atoms with van der Waals surface area (Å²) in [6, 6.07) is 10.7. The average Bonchev–Trinajstić information content (AvgIpc) is 3.15. The number of aromatic nitrogens is 2. The van der Waals surface area contributed by atoms with Crippen LogP contribution in [0.1, 0.15) is 16.4 Å². The van der Waals surface area contributed by atoms with Crippen LogP contribution in [0.15, 0.2) is 47.1 Å². The summed E-state index contributed by atoms with van der Waals surface area (Å²) < 4.78 is 6.78. The zero-order valence-corrected chi connectivity index (χ0v) is 11.9. The van der Waals surface area contributed by atoms with E-state index in [4.69, 9.17) is 4.42 Å². The van der Waals surface area contributed by atoms with Gasteiger partial charge in [0.05, 0.1) is 23.7 Å². The minimum absolute atomic E-state index is 0.0591. The SMILES string of the molecule is Cn1c(CC(=O)NNC(=O)c2ccco2)nc2ccccc21. The molecule has 7 heteroatoms. The Morgan fingerprint density at radius 2 is 2.00 bits per heavy atom. The van der Waals surface area contributed by atoms with Gasteiger partial charge in [-0.1, -0.05) is 12.1 Å². The molecule has 0 saturated heterocycles. The molecule has 0 bridgehead atoms. The highest BCUT2D eigenvalue weighted by molar-refractivity contribution is 5.93. The molecule has 0 atom stereocenters. The molecular weight excluding hydrogens is 284 g/mol. The number of imidazole rings is 1. The third-order valence-corrected chi connectivity index (χ3v) is 3.26. The molecule has 0 unspecified atom stereocenters. The van der Waals surface area contributed by atoms with Crippen LogP contribution in [0.3, 0.4) is 0 Å². The molecule has 2 N–H and O–H groups in total. The second kappa shape index (κ2) is 5.72. The number of aryl methyl sites for hydroxylation is 1. The molecule has 0 aliphatic rings. The van der Waals surface area contributed by atoms with Crippen LogP contribution >= 0.6 is 0 Å². The molecule has 22 heavy (non-hydrogen) atoms. The lowest BCUT2D eigenvalue weighted by Gasteiger charge is -2.06. The fourth-order valence-corrected chi connectivity index (χ4v) is 2.14. The van der Waals surface area contributed by atoms with Gasteiger partial charge >= 0.3 is 5.91 Å². The molecule has 0 aliphatic heterocycles. The molecule has 2 heterocycles. The first kappa shape index (κ1) is 13.9. The van der Waals surface area contributed by atoms with E-state index >= 15 is 0 Å².